The highest BCUT2D eigenvalue weighted by Gasteiger charge is 2.03. The highest BCUT2D eigenvalue weighted by molar-refractivity contribution is 5.99. The normalized spacial score (nSPS) is 10.2. The van der Waals surface area contributed by atoms with Crippen molar-refractivity contribution in [2.75, 3.05) is 17.2 Å². The Morgan fingerprint density at radius 1 is 0.731 bits per heavy atom. The van der Waals surface area contributed by atoms with Crippen LogP contribution in [0.15, 0.2) is 84.9 Å². The van der Waals surface area contributed by atoms with E-state index in [1.54, 1.807) is 0 Å². The molecular weight excluding hydrogens is 324 g/mol. The van der Waals surface area contributed by atoms with E-state index in [4.69, 9.17) is 4.74 Å². The summed E-state index contributed by atoms with van der Waals surface area (Å²) in [6.07, 6.45) is 1.96. The Hall–Kier alpha value is -3.27. The molecule has 2 amide bonds. The number of para-hydroxylation sites is 1. The van der Waals surface area contributed by atoms with Crippen LogP contribution in [0.5, 0.6) is 5.75 Å². The standard InChI is InChI=1S/C22H22N2O2/c25-22(23-19-11-5-2-6-12-19)24-20-13-15-21(16-14-20)26-17-7-10-18-8-3-1-4-9-18/h1-6,8-9,11-16H,7,10,17H2,(H2,23,24,25). The van der Waals surface area contributed by atoms with Gasteiger partial charge < -0.3 is 15.4 Å². The zero-order chi connectivity index (χ0) is 18.0. The third-order valence-corrected chi connectivity index (χ3v) is 3.87. The van der Waals surface area contributed by atoms with Crippen molar-refractivity contribution in [3.8, 4) is 5.75 Å². The van der Waals surface area contributed by atoms with Crippen LogP contribution >= 0.6 is 0 Å². The number of aryl methyl sites for hydroxylation is 1. The molecule has 0 atom stereocenters. The van der Waals surface area contributed by atoms with E-state index in [1.807, 2.05) is 60.7 Å². The summed E-state index contributed by atoms with van der Waals surface area (Å²) in [5.41, 5.74) is 2.79. The van der Waals surface area contributed by atoms with Crippen LogP contribution < -0.4 is 15.4 Å². The largest absolute Gasteiger partial charge is 0.494 e. The fourth-order valence-electron chi connectivity index (χ4n) is 2.56. The summed E-state index contributed by atoms with van der Waals surface area (Å²) in [6, 6.07) is 26.8. The number of hydrogen-bond donors (Lipinski definition) is 2. The van der Waals surface area contributed by atoms with E-state index in [1.165, 1.54) is 5.56 Å². The van der Waals surface area contributed by atoms with Gasteiger partial charge in [0.1, 0.15) is 5.75 Å². The molecule has 3 aromatic rings. The first-order chi connectivity index (χ1) is 12.8. The third kappa shape index (κ3) is 5.67. The second kappa shape index (κ2) is 9.28. The predicted molar refractivity (Wildman–Crippen MR) is 106 cm³/mol. The van der Waals surface area contributed by atoms with Crippen molar-refractivity contribution in [2.45, 2.75) is 12.8 Å². The Kier molecular flexibility index (Phi) is 6.26. The van der Waals surface area contributed by atoms with Crippen molar-refractivity contribution in [1.82, 2.24) is 0 Å². The van der Waals surface area contributed by atoms with Gasteiger partial charge in [-0.1, -0.05) is 48.5 Å². The van der Waals surface area contributed by atoms with Crippen molar-refractivity contribution >= 4 is 17.4 Å². The molecule has 3 rings (SSSR count). The van der Waals surface area contributed by atoms with Gasteiger partial charge >= 0.3 is 6.03 Å². The van der Waals surface area contributed by atoms with Crippen LogP contribution in [0.25, 0.3) is 0 Å². The lowest BCUT2D eigenvalue weighted by atomic mass is 10.1. The van der Waals surface area contributed by atoms with Gasteiger partial charge in [-0.05, 0) is 54.8 Å². The zero-order valence-corrected chi connectivity index (χ0v) is 14.5. The number of nitrogens with one attached hydrogen (secondary N) is 2. The minimum atomic E-state index is -0.271. The minimum absolute atomic E-state index is 0.271. The first-order valence-corrected chi connectivity index (χ1v) is 8.69. The van der Waals surface area contributed by atoms with E-state index >= 15 is 0 Å². The summed E-state index contributed by atoms with van der Waals surface area (Å²) in [5, 5.41) is 5.58. The maximum absolute atomic E-state index is 12.0. The second-order valence-corrected chi connectivity index (χ2v) is 5.91. The summed E-state index contributed by atoms with van der Waals surface area (Å²) in [7, 11) is 0. The summed E-state index contributed by atoms with van der Waals surface area (Å²) < 4.78 is 5.76. The Balaban J connectivity index is 1.41. The molecule has 0 radical (unpaired) electrons. The lowest BCUT2D eigenvalue weighted by Gasteiger charge is -2.09. The number of ether oxygens (including phenoxy) is 1. The molecule has 2 N–H and O–H groups in total. The molecule has 26 heavy (non-hydrogen) atoms. The molecular formula is C22H22N2O2. The fourth-order valence-corrected chi connectivity index (χ4v) is 2.56. The molecule has 0 saturated heterocycles. The van der Waals surface area contributed by atoms with Crippen LogP contribution in [0.2, 0.25) is 0 Å². The van der Waals surface area contributed by atoms with Crippen molar-refractivity contribution in [2.24, 2.45) is 0 Å². The maximum Gasteiger partial charge on any atom is 0.323 e. The highest BCUT2D eigenvalue weighted by Crippen LogP contribution is 2.16. The van der Waals surface area contributed by atoms with Crippen LogP contribution in [0, 0.1) is 0 Å². The maximum atomic E-state index is 12.0. The van der Waals surface area contributed by atoms with Crippen LogP contribution in [-0.4, -0.2) is 12.6 Å². The number of benzene rings is 3. The van der Waals surface area contributed by atoms with Gasteiger partial charge in [0.05, 0.1) is 6.61 Å². The SMILES string of the molecule is O=C(Nc1ccccc1)Nc1ccc(OCCCc2ccccc2)cc1. The quantitative estimate of drug-likeness (QED) is 0.567. The van der Waals surface area contributed by atoms with E-state index < -0.39 is 0 Å². The van der Waals surface area contributed by atoms with Gasteiger partial charge in [0.2, 0.25) is 0 Å². The molecule has 4 heteroatoms. The van der Waals surface area contributed by atoms with Gasteiger partial charge in [0.25, 0.3) is 0 Å². The van der Waals surface area contributed by atoms with E-state index in [0.717, 1.165) is 30.0 Å². The molecule has 0 aliphatic rings. The van der Waals surface area contributed by atoms with E-state index in [2.05, 4.69) is 34.9 Å². The number of anilines is 2. The Bertz CT molecular complexity index is 803. The molecule has 0 heterocycles. The third-order valence-electron chi connectivity index (χ3n) is 3.87. The Morgan fingerprint density at radius 3 is 1.96 bits per heavy atom. The second-order valence-electron chi connectivity index (χ2n) is 5.91. The molecule has 0 aliphatic carbocycles. The molecule has 0 unspecified atom stereocenters. The van der Waals surface area contributed by atoms with Crippen LogP contribution in [0.1, 0.15) is 12.0 Å². The molecule has 0 fully saturated rings. The number of urea groups is 1. The Labute approximate surface area is 153 Å². The lowest BCUT2D eigenvalue weighted by molar-refractivity contribution is 0.262. The summed E-state index contributed by atoms with van der Waals surface area (Å²) in [4.78, 5) is 12.0. The van der Waals surface area contributed by atoms with E-state index in [-0.39, 0.29) is 6.03 Å². The van der Waals surface area contributed by atoms with Crippen molar-refractivity contribution < 1.29 is 9.53 Å². The average molecular weight is 346 g/mol. The van der Waals surface area contributed by atoms with Gasteiger partial charge in [0, 0.05) is 11.4 Å². The fraction of sp³-hybridized carbons (Fsp3) is 0.136. The lowest BCUT2D eigenvalue weighted by Crippen LogP contribution is -2.19. The van der Waals surface area contributed by atoms with Gasteiger partial charge in [-0.25, -0.2) is 4.79 Å². The van der Waals surface area contributed by atoms with Gasteiger partial charge in [-0.2, -0.15) is 0 Å². The zero-order valence-electron chi connectivity index (χ0n) is 14.5. The monoisotopic (exact) mass is 346 g/mol. The van der Waals surface area contributed by atoms with Gasteiger partial charge in [-0.15, -0.1) is 0 Å². The molecule has 0 spiro atoms. The van der Waals surface area contributed by atoms with Crippen LogP contribution in [0.4, 0.5) is 16.2 Å². The minimum Gasteiger partial charge on any atom is -0.494 e. The summed E-state index contributed by atoms with van der Waals surface area (Å²) in [5.74, 6) is 0.798. The molecule has 0 aromatic heterocycles. The van der Waals surface area contributed by atoms with Gasteiger partial charge in [0.15, 0.2) is 0 Å². The first-order valence-electron chi connectivity index (χ1n) is 8.69. The first kappa shape index (κ1) is 17.5. The highest BCUT2D eigenvalue weighted by atomic mass is 16.5. The topological polar surface area (TPSA) is 50.4 Å². The van der Waals surface area contributed by atoms with E-state index in [0.29, 0.717) is 6.61 Å². The number of amides is 2. The van der Waals surface area contributed by atoms with Crippen molar-refractivity contribution in [3.63, 3.8) is 0 Å². The molecule has 3 aromatic carbocycles. The van der Waals surface area contributed by atoms with Crippen LogP contribution in [-0.2, 0) is 6.42 Å². The molecule has 0 saturated carbocycles. The molecule has 132 valence electrons. The number of hydrogen-bond acceptors (Lipinski definition) is 2. The number of carbonyl (C=O) groups is 1. The molecule has 0 bridgehead atoms. The smallest absolute Gasteiger partial charge is 0.323 e. The van der Waals surface area contributed by atoms with Crippen molar-refractivity contribution in [1.29, 1.82) is 0 Å². The van der Waals surface area contributed by atoms with Gasteiger partial charge in [-0.3, -0.25) is 0 Å². The summed E-state index contributed by atoms with van der Waals surface area (Å²) >= 11 is 0. The Morgan fingerprint density at radius 2 is 1.31 bits per heavy atom. The van der Waals surface area contributed by atoms with Crippen LogP contribution in [0.3, 0.4) is 0 Å². The predicted octanol–water partition coefficient (Wildman–Crippen LogP) is 5.34. The average Bonchev–Trinajstić information content (AvgIpc) is 2.68. The molecule has 4 nitrogen and oxygen atoms in total. The van der Waals surface area contributed by atoms with E-state index in [9.17, 15) is 4.79 Å². The number of carbonyl (C=O) groups excluding carboxylic acids is 1. The summed E-state index contributed by atoms with van der Waals surface area (Å²) in [6.45, 7) is 0.663. The number of rotatable bonds is 7. The molecule has 0 aliphatic heterocycles. The van der Waals surface area contributed by atoms with Crippen molar-refractivity contribution in [3.05, 3.63) is 90.5 Å².